The van der Waals surface area contributed by atoms with Gasteiger partial charge in [-0.25, -0.2) is 8.42 Å². The van der Waals surface area contributed by atoms with Crippen molar-refractivity contribution in [2.45, 2.75) is 43.5 Å². The Labute approximate surface area is 124 Å². The third-order valence-electron chi connectivity index (χ3n) is 4.05. The molecule has 0 bridgehead atoms. The summed E-state index contributed by atoms with van der Waals surface area (Å²) in [5, 5.41) is 14.4. The van der Waals surface area contributed by atoms with Gasteiger partial charge in [0, 0.05) is 18.4 Å². The fourth-order valence-corrected chi connectivity index (χ4v) is 3.39. The summed E-state index contributed by atoms with van der Waals surface area (Å²) in [5.74, 6) is 0.452. The van der Waals surface area contributed by atoms with Gasteiger partial charge in [0.05, 0.1) is 9.82 Å². The Balaban J connectivity index is 2.32. The Kier molecular flexibility index (Phi) is 4.51. The summed E-state index contributed by atoms with van der Waals surface area (Å²) in [6.07, 6.45) is 5.42. The second-order valence-electron chi connectivity index (χ2n) is 5.72. The molecule has 6 nitrogen and oxygen atoms in total. The van der Waals surface area contributed by atoms with Crippen LogP contribution in [0.5, 0.6) is 0 Å². The van der Waals surface area contributed by atoms with Gasteiger partial charge in [-0.1, -0.05) is 19.8 Å². The fraction of sp³-hybridized carbons (Fsp3) is 0.571. The van der Waals surface area contributed by atoms with Crippen LogP contribution in [0.3, 0.4) is 0 Å². The van der Waals surface area contributed by atoms with Crippen molar-refractivity contribution in [2.24, 2.45) is 5.92 Å². The van der Waals surface area contributed by atoms with Crippen LogP contribution in [0.25, 0.3) is 0 Å². The van der Waals surface area contributed by atoms with Crippen LogP contribution >= 0.6 is 0 Å². The van der Waals surface area contributed by atoms with Crippen LogP contribution in [0.4, 0.5) is 11.4 Å². The van der Waals surface area contributed by atoms with Crippen molar-refractivity contribution in [2.75, 3.05) is 11.6 Å². The van der Waals surface area contributed by atoms with Crippen molar-refractivity contribution in [3.8, 4) is 0 Å². The first kappa shape index (κ1) is 15.8. The molecule has 2 rings (SSSR count). The van der Waals surface area contributed by atoms with E-state index in [2.05, 4.69) is 12.2 Å². The van der Waals surface area contributed by atoms with E-state index in [4.69, 9.17) is 0 Å². The molecular formula is C14H20N2O4S. The van der Waals surface area contributed by atoms with E-state index in [1.165, 1.54) is 18.6 Å². The number of hydrogen-bond donors (Lipinski definition) is 1. The van der Waals surface area contributed by atoms with Crippen molar-refractivity contribution in [3.63, 3.8) is 0 Å². The number of benzene rings is 1. The van der Waals surface area contributed by atoms with Crippen molar-refractivity contribution < 1.29 is 13.3 Å². The molecule has 2 atom stereocenters. The molecule has 0 spiro atoms. The maximum atomic E-state index is 11.5. The lowest BCUT2D eigenvalue weighted by molar-refractivity contribution is -0.384. The van der Waals surface area contributed by atoms with Gasteiger partial charge in [-0.2, -0.15) is 0 Å². The maximum Gasteiger partial charge on any atom is 0.293 e. The summed E-state index contributed by atoms with van der Waals surface area (Å²) in [7, 11) is -3.45. The van der Waals surface area contributed by atoms with Gasteiger partial charge in [0.1, 0.15) is 5.69 Å². The zero-order valence-corrected chi connectivity index (χ0v) is 13.0. The smallest absolute Gasteiger partial charge is 0.293 e. The summed E-state index contributed by atoms with van der Waals surface area (Å²) < 4.78 is 23.0. The van der Waals surface area contributed by atoms with Gasteiger partial charge in [0.2, 0.25) is 0 Å². The second-order valence-corrected chi connectivity index (χ2v) is 7.74. The monoisotopic (exact) mass is 312 g/mol. The summed E-state index contributed by atoms with van der Waals surface area (Å²) >= 11 is 0. The van der Waals surface area contributed by atoms with Crippen molar-refractivity contribution >= 4 is 21.2 Å². The number of rotatable bonds is 4. The Morgan fingerprint density at radius 2 is 1.95 bits per heavy atom. The molecule has 0 heterocycles. The van der Waals surface area contributed by atoms with Crippen LogP contribution in [0.15, 0.2) is 23.1 Å². The third kappa shape index (κ3) is 3.72. The van der Waals surface area contributed by atoms with Crippen molar-refractivity contribution in [1.29, 1.82) is 0 Å². The lowest BCUT2D eigenvalue weighted by Crippen LogP contribution is -2.30. The van der Waals surface area contributed by atoms with Crippen molar-refractivity contribution in [1.82, 2.24) is 0 Å². The molecule has 0 unspecified atom stereocenters. The van der Waals surface area contributed by atoms with E-state index in [0.717, 1.165) is 31.6 Å². The minimum absolute atomic E-state index is 0.0311. The number of sulfone groups is 1. The molecule has 1 fully saturated rings. The van der Waals surface area contributed by atoms with Crippen LogP contribution < -0.4 is 5.32 Å². The first-order valence-corrected chi connectivity index (χ1v) is 8.93. The maximum absolute atomic E-state index is 11.5. The normalized spacial score (nSPS) is 22.8. The molecule has 21 heavy (non-hydrogen) atoms. The van der Waals surface area contributed by atoms with E-state index in [1.807, 2.05) is 0 Å². The predicted octanol–water partition coefficient (Wildman–Crippen LogP) is 2.99. The fourth-order valence-electron chi connectivity index (χ4n) is 2.75. The second kappa shape index (κ2) is 6.01. The van der Waals surface area contributed by atoms with E-state index < -0.39 is 14.8 Å². The number of nitrogens with one attached hydrogen (secondary N) is 1. The Bertz CT molecular complexity index is 642. The van der Waals surface area contributed by atoms with Crippen molar-refractivity contribution in [3.05, 3.63) is 28.3 Å². The number of nitrogens with zero attached hydrogens (tertiary/aromatic N) is 1. The standard InChI is InChI=1S/C14H20N2O4S/c1-10-5-3-4-6-12(10)15-13-8-7-11(21(2,19)20)9-14(13)16(17)18/h7-10,12,15H,3-6H2,1-2H3/t10-,12-/m0/s1. The number of nitro benzene ring substituents is 1. The molecule has 7 heteroatoms. The van der Waals surface area contributed by atoms with Crippen LogP contribution in [-0.4, -0.2) is 25.6 Å². The van der Waals surface area contributed by atoms with Crippen LogP contribution in [0.2, 0.25) is 0 Å². The summed E-state index contributed by atoms with van der Waals surface area (Å²) in [6.45, 7) is 2.13. The van der Waals surface area contributed by atoms with E-state index >= 15 is 0 Å². The molecule has 116 valence electrons. The molecule has 0 radical (unpaired) electrons. The predicted molar refractivity (Wildman–Crippen MR) is 81.2 cm³/mol. The molecule has 1 aliphatic rings. The van der Waals surface area contributed by atoms with Gasteiger partial charge in [-0.15, -0.1) is 0 Å². The highest BCUT2D eigenvalue weighted by Gasteiger charge is 2.25. The van der Waals surface area contributed by atoms with E-state index in [0.29, 0.717) is 11.6 Å². The highest BCUT2D eigenvalue weighted by atomic mass is 32.2. The molecule has 0 saturated heterocycles. The average Bonchev–Trinajstić information content (AvgIpc) is 2.40. The zero-order valence-electron chi connectivity index (χ0n) is 12.2. The van der Waals surface area contributed by atoms with E-state index in [9.17, 15) is 18.5 Å². The molecule has 1 aromatic carbocycles. The Hall–Kier alpha value is -1.63. The first-order chi connectivity index (χ1) is 9.79. The molecule has 0 aromatic heterocycles. The van der Waals surface area contributed by atoms with Gasteiger partial charge >= 0.3 is 0 Å². The van der Waals surface area contributed by atoms with Crippen LogP contribution in [0, 0.1) is 16.0 Å². The van der Waals surface area contributed by atoms with Gasteiger partial charge in [-0.05, 0) is 30.9 Å². The Morgan fingerprint density at radius 1 is 1.29 bits per heavy atom. The largest absolute Gasteiger partial charge is 0.376 e. The van der Waals surface area contributed by atoms with Crippen LogP contribution in [-0.2, 0) is 9.84 Å². The van der Waals surface area contributed by atoms with Gasteiger partial charge in [-0.3, -0.25) is 10.1 Å². The molecule has 0 aliphatic heterocycles. The quantitative estimate of drug-likeness (QED) is 0.682. The Morgan fingerprint density at radius 3 is 2.52 bits per heavy atom. The summed E-state index contributed by atoms with van der Waals surface area (Å²) in [4.78, 5) is 10.6. The summed E-state index contributed by atoms with van der Waals surface area (Å²) in [5.41, 5.74) is 0.210. The minimum Gasteiger partial charge on any atom is -0.376 e. The van der Waals surface area contributed by atoms with Gasteiger partial charge in [0.15, 0.2) is 9.84 Å². The number of hydrogen-bond acceptors (Lipinski definition) is 5. The highest BCUT2D eigenvalue weighted by Crippen LogP contribution is 2.32. The minimum atomic E-state index is -3.45. The topological polar surface area (TPSA) is 89.3 Å². The van der Waals surface area contributed by atoms with Crippen LogP contribution in [0.1, 0.15) is 32.6 Å². The SMILES string of the molecule is C[C@H]1CCCC[C@@H]1Nc1ccc(S(C)(=O)=O)cc1[N+](=O)[O-]. The first-order valence-electron chi connectivity index (χ1n) is 7.04. The number of nitro groups is 1. The molecule has 1 N–H and O–H groups in total. The zero-order chi connectivity index (χ0) is 15.6. The lowest BCUT2D eigenvalue weighted by atomic mass is 9.86. The average molecular weight is 312 g/mol. The highest BCUT2D eigenvalue weighted by molar-refractivity contribution is 7.90. The molecular weight excluding hydrogens is 292 g/mol. The molecule has 0 amide bonds. The van der Waals surface area contributed by atoms with E-state index in [-0.39, 0.29) is 16.6 Å². The van der Waals surface area contributed by atoms with E-state index in [1.54, 1.807) is 0 Å². The number of anilines is 1. The summed E-state index contributed by atoms with van der Waals surface area (Å²) in [6, 6.07) is 4.24. The molecule has 1 aromatic rings. The molecule has 1 aliphatic carbocycles. The lowest BCUT2D eigenvalue weighted by Gasteiger charge is -2.30. The third-order valence-corrected chi connectivity index (χ3v) is 5.16. The van der Waals surface area contributed by atoms with Gasteiger partial charge < -0.3 is 5.32 Å². The molecule has 1 saturated carbocycles. The van der Waals surface area contributed by atoms with Gasteiger partial charge in [0.25, 0.3) is 5.69 Å².